The summed E-state index contributed by atoms with van der Waals surface area (Å²) in [5.74, 6) is 0.316. The number of benzene rings is 2. The molecule has 2 aromatic carbocycles. The van der Waals surface area contributed by atoms with Crippen LogP contribution in [0.2, 0.25) is 0 Å². The van der Waals surface area contributed by atoms with E-state index >= 15 is 0 Å². The van der Waals surface area contributed by atoms with Crippen molar-refractivity contribution in [1.29, 1.82) is 0 Å². The Morgan fingerprint density at radius 1 is 1.03 bits per heavy atom. The molecular formula is C29H32N6O2. The van der Waals surface area contributed by atoms with Gasteiger partial charge in [0.25, 0.3) is 0 Å². The van der Waals surface area contributed by atoms with Crippen molar-refractivity contribution in [3.8, 4) is 28.2 Å². The Kier molecular flexibility index (Phi) is 7.16. The number of imidazole rings is 1. The predicted molar refractivity (Wildman–Crippen MR) is 143 cm³/mol. The van der Waals surface area contributed by atoms with E-state index in [2.05, 4.69) is 10.4 Å². The highest BCUT2D eigenvalue weighted by Crippen LogP contribution is 2.36. The van der Waals surface area contributed by atoms with Gasteiger partial charge >= 0.3 is 0 Å². The van der Waals surface area contributed by atoms with Crippen LogP contribution in [0, 0.1) is 0 Å². The highest BCUT2D eigenvalue weighted by atomic mass is 16.2. The van der Waals surface area contributed by atoms with Crippen LogP contribution in [-0.4, -0.2) is 37.2 Å². The first-order chi connectivity index (χ1) is 18.0. The molecule has 8 nitrogen and oxygen atoms in total. The van der Waals surface area contributed by atoms with Gasteiger partial charge in [0.05, 0.1) is 17.5 Å². The molecule has 2 amide bonds. The van der Waals surface area contributed by atoms with Crippen molar-refractivity contribution < 1.29 is 9.59 Å². The number of carbonyl (C=O) groups is 2. The summed E-state index contributed by atoms with van der Waals surface area (Å²) < 4.78 is 3.76. The summed E-state index contributed by atoms with van der Waals surface area (Å²) >= 11 is 0. The standard InChI is InChI=1S/C29H32N6O2/c1-34-18-20(17-31-34)24-12-8-13-25(28(30)37)27(24)29-33-22(19-35(29)23-10-5-3-6-11-23)9-4-2-7-14-26(36)32-21-15-16-21/h3,5-6,8,10-13,17-19,21H,2,4,7,9,14-16H2,1H3,(H2,30,37)(H,32,36). The Hall–Kier alpha value is -4.20. The van der Waals surface area contributed by atoms with Gasteiger partial charge in [0.2, 0.25) is 11.8 Å². The van der Waals surface area contributed by atoms with Gasteiger partial charge < -0.3 is 11.1 Å². The maximum atomic E-state index is 12.5. The van der Waals surface area contributed by atoms with Crippen molar-refractivity contribution in [2.24, 2.45) is 12.8 Å². The van der Waals surface area contributed by atoms with Gasteiger partial charge in [-0.3, -0.25) is 18.8 Å². The minimum Gasteiger partial charge on any atom is -0.366 e. The molecule has 5 rings (SSSR count). The van der Waals surface area contributed by atoms with Gasteiger partial charge in [-0.15, -0.1) is 0 Å². The summed E-state index contributed by atoms with van der Waals surface area (Å²) in [6.07, 6.45) is 12.0. The van der Waals surface area contributed by atoms with Crippen molar-refractivity contribution in [2.45, 2.75) is 51.0 Å². The molecule has 0 saturated heterocycles. The number of primary amides is 1. The van der Waals surface area contributed by atoms with Crippen LogP contribution in [0.1, 0.15) is 54.6 Å². The smallest absolute Gasteiger partial charge is 0.249 e. The zero-order valence-electron chi connectivity index (χ0n) is 21.1. The second-order valence-corrected chi connectivity index (χ2v) is 9.66. The summed E-state index contributed by atoms with van der Waals surface area (Å²) in [6, 6.07) is 15.9. The number of para-hydroxylation sites is 1. The van der Waals surface area contributed by atoms with E-state index in [4.69, 9.17) is 10.7 Å². The topological polar surface area (TPSA) is 108 Å². The van der Waals surface area contributed by atoms with E-state index in [0.29, 0.717) is 29.4 Å². The number of hydrogen-bond acceptors (Lipinski definition) is 4. The summed E-state index contributed by atoms with van der Waals surface area (Å²) in [7, 11) is 1.86. The van der Waals surface area contributed by atoms with E-state index < -0.39 is 5.91 Å². The van der Waals surface area contributed by atoms with Gasteiger partial charge in [0.1, 0.15) is 5.82 Å². The van der Waals surface area contributed by atoms with Crippen molar-refractivity contribution in [1.82, 2.24) is 24.6 Å². The number of carbonyl (C=O) groups excluding carboxylic acids is 2. The summed E-state index contributed by atoms with van der Waals surface area (Å²) in [5.41, 5.74) is 10.6. The summed E-state index contributed by atoms with van der Waals surface area (Å²) in [6.45, 7) is 0. The quantitative estimate of drug-likeness (QED) is 0.300. The van der Waals surface area contributed by atoms with E-state index in [-0.39, 0.29) is 5.91 Å². The number of nitrogens with two attached hydrogens (primary N) is 1. The number of amides is 2. The lowest BCUT2D eigenvalue weighted by Gasteiger charge is -2.14. The average Bonchev–Trinajstić information content (AvgIpc) is 3.43. The van der Waals surface area contributed by atoms with Gasteiger partial charge in [0, 0.05) is 48.7 Å². The molecule has 2 heterocycles. The van der Waals surface area contributed by atoms with Gasteiger partial charge in [0.15, 0.2) is 0 Å². The normalized spacial score (nSPS) is 13.0. The first-order valence-corrected chi connectivity index (χ1v) is 12.8. The molecule has 8 heteroatoms. The molecule has 1 aliphatic rings. The molecular weight excluding hydrogens is 464 g/mol. The summed E-state index contributed by atoms with van der Waals surface area (Å²) in [5, 5.41) is 7.37. The third-order valence-corrected chi connectivity index (χ3v) is 6.64. The third kappa shape index (κ3) is 5.80. The van der Waals surface area contributed by atoms with Crippen LogP contribution < -0.4 is 11.1 Å². The fraction of sp³-hybridized carbons (Fsp3) is 0.310. The Morgan fingerprint density at radius 2 is 1.84 bits per heavy atom. The SMILES string of the molecule is Cn1cc(-c2cccc(C(N)=O)c2-c2nc(CCCCCC(=O)NC3CC3)cn2-c2ccccc2)cn1. The molecule has 190 valence electrons. The lowest BCUT2D eigenvalue weighted by atomic mass is 9.96. The molecule has 0 spiro atoms. The van der Waals surface area contributed by atoms with Crippen LogP contribution in [0.4, 0.5) is 0 Å². The van der Waals surface area contributed by atoms with Gasteiger partial charge in [-0.2, -0.15) is 5.10 Å². The molecule has 2 aromatic heterocycles. The lowest BCUT2D eigenvalue weighted by Crippen LogP contribution is -2.24. The molecule has 3 N–H and O–H groups in total. The van der Waals surface area contributed by atoms with Crippen molar-refractivity contribution in [3.05, 3.63) is 78.4 Å². The predicted octanol–water partition coefficient (Wildman–Crippen LogP) is 4.42. The molecule has 1 fully saturated rings. The highest BCUT2D eigenvalue weighted by molar-refractivity contribution is 6.03. The Morgan fingerprint density at radius 3 is 2.54 bits per heavy atom. The van der Waals surface area contributed by atoms with E-state index in [1.54, 1.807) is 16.9 Å². The number of nitrogens with one attached hydrogen (secondary N) is 1. The van der Waals surface area contributed by atoms with Gasteiger partial charge in [-0.25, -0.2) is 4.98 Å². The molecule has 1 saturated carbocycles. The number of nitrogens with zero attached hydrogens (tertiary/aromatic N) is 4. The van der Waals surface area contributed by atoms with Crippen molar-refractivity contribution in [3.63, 3.8) is 0 Å². The average molecular weight is 497 g/mol. The van der Waals surface area contributed by atoms with Crippen molar-refractivity contribution >= 4 is 11.8 Å². The number of aromatic nitrogens is 4. The third-order valence-electron chi connectivity index (χ3n) is 6.64. The zero-order chi connectivity index (χ0) is 25.8. The number of aryl methyl sites for hydroxylation is 2. The van der Waals surface area contributed by atoms with Crippen molar-refractivity contribution in [2.75, 3.05) is 0 Å². The lowest BCUT2D eigenvalue weighted by molar-refractivity contribution is -0.121. The molecule has 0 unspecified atom stereocenters. The zero-order valence-corrected chi connectivity index (χ0v) is 21.1. The maximum Gasteiger partial charge on any atom is 0.249 e. The number of rotatable bonds is 11. The molecule has 1 aliphatic carbocycles. The fourth-order valence-corrected chi connectivity index (χ4v) is 4.61. The van der Waals surface area contributed by atoms with Gasteiger partial charge in [-0.05, 0) is 55.9 Å². The maximum absolute atomic E-state index is 12.5. The molecule has 4 aromatic rings. The second-order valence-electron chi connectivity index (χ2n) is 9.66. The van der Waals surface area contributed by atoms with E-state index in [1.165, 1.54) is 0 Å². The van der Waals surface area contributed by atoms with Crippen LogP contribution in [0.15, 0.2) is 67.1 Å². The fourth-order valence-electron chi connectivity index (χ4n) is 4.61. The Balaban J connectivity index is 1.45. The monoisotopic (exact) mass is 496 g/mol. The van der Waals surface area contributed by atoms with Crippen LogP contribution in [-0.2, 0) is 18.3 Å². The van der Waals surface area contributed by atoms with Crippen LogP contribution in [0.5, 0.6) is 0 Å². The summed E-state index contributed by atoms with van der Waals surface area (Å²) in [4.78, 5) is 29.5. The molecule has 0 bridgehead atoms. The molecule has 0 atom stereocenters. The van der Waals surface area contributed by atoms with E-state index in [0.717, 1.165) is 61.0 Å². The minimum atomic E-state index is -0.505. The molecule has 37 heavy (non-hydrogen) atoms. The largest absolute Gasteiger partial charge is 0.366 e. The first kappa shape index (κ1) is 24.5. The Labute approximate surface area is 216 Å². The first-order valence-electron chi connectivity index (χ1n) is 12.8. The second kappa shape index (κ2) is 10.8. The van der Waals surface area contributed by atoms with E-state index in [1.807, 2.05) is 66.5 Å². The molecule has 0 aliphatic heterocycles. The van der Waals surface area contributed by atoms with Crippen LogP contribution in [0.25, 0.3) is 28.2 Å². The molecule has 0 radical (unpaired) electrons. The van der Waals surface area contributed by atoms with E-state index in [9.17, 15) is 9.59 Å². The van der Waals surface area contributed by atoms with Gasteiger partial charge in [-0.1, -0.05) is 36.8 Å². The number of unbranched alkanes of at least 4 members (excludes halogenated alkanes) is 2. The minimum absolute atomic E-state index is 0.157. The van der Waals surface area contributed by atoms with Crippen LogP contribution in [0.3, 0.4) is 0 Å². The highest BCUT2D eigenvalue weighted by Gasteiger charge is 2.23. The van der Waals surface area contributed by atoms with Crippen LogP contribution >= 0.6 is 0 Å². The Bertz CT molecular complexity index is 1400. The number of hydrogen-bond donors (Lipinski definition) is 2.